The van der Waals surface area contributed by atoms with Gasteiger partial charge in [0.1, 0.15) is 0 Å². The molecule has 11 heavy (non-hydrogen) atoms. The van der Waals surface area contributed by atoms with Crippen LogP contribution >= 0.6 is 0 Å². The Morgan fingerprint density at radius 3 is 1.73 bits per heavy atom. The molecule has 4 nitrogen and oxygen atoms in total. The second-order valence-corrected chi connectivity index (χ2v) is 4.94. The zero-order valence-electron chi connectivity index (χ0n) is 6.36. The molecule has 2 rings (SSSR count). The maximum absolute atomic E-state index is 11.4. The SMILES string of the molecule is O=S(=O)(N1CCCC1)N1CC1. The van der Waals surface area contributed by atoms with Crippen molar-refractivity contribution >= 4 is 10.2 Å². The minimum atomic E-state index is -3.00. The molecule has 0 atom stereocenters. The predicted octanol–water partition coefficient (Wildman–Crippen LogP) is -0.357. The lowest BCUT2D eigenvalue weighted by Gasteiger charge is -2.14. The Balaban J connectivity index is 2.12. The highest BCUT2D eigenvalue weighted by atomic mass is 32.2. The molecule has 5 heteroatoms. The molecule has 2 saturated heterocycles. The average molecular weight is 176 g/mol. The van der Waals surface area contributed by atoms with Gasteiger partial charge in [0.25, 0.3) is 10.2 Å². The lowest BCUT2D eigenvalue weighted by atomic mass is 10.4. The molecule has 0 spiro atoms. The van der Waals surface area contributed by atoms with Gasteiger partial charge >= 0.3 is 0 Å². The first kappa shape index (κ1) is 7.52. The third kappa shape index (κ3) is 1.28. The summed E-state index contributed by atoms with van der Waals surface area (Å²) in [5.74, 6) is 0. The van der Waals surface area contributed by atoms with Crippen LogP contribution in [0.15, 0.2) is 0 Å². The molecule has 0 aromatic rings. The summed E-state index contributed by atoms with van der Waals surface area (Å²) in [7, 11) is -3.00. The molecule has 0 amide bonds. The Kier molecular flexibility index (Phi) is 1.66. The minimum Gasteiger partial charge on any atom is -0.195 e. The number of hydrogen-bond acceptors (Lipinski definition) is 2. The van der Waals surface area contributed by atoms with E-state index in [0.29, 0.717) is 0 Å². The van der Waals surface area contributed by atoms with E-state index in [-0.39, 0.29) is 0 Å². The quantitative estimate of drug-likeness (QED) is 0.539. The summed E-state index contributed by atoms with van der Waals surface area (Å²) in [5, 5.41) is 0. The average Bonchev–Trinajstić information content (AvgIpc) is 2.66. The first-order valence-electron chi connectivity index (χ1n) is 3.96. The van der Waals surface area contributed by atoms with Gasteiger partial charge in [0.2, 0.25) is 0 Å². The fraction of sp³-hybridized carbons (Fsp3) is 1.00. The number of rotatable bonds is 2. The molecule has 0 N–H and O–H groups in total. The Hall–Kier alpha value is -0.130. The Morgan fingerprint density at radius 1 is 0.818 bits per heavy atom. The molecule has 0 radical (unpaired) electrons. The van der Waals surface area contributed by atoms with E-state index in [4.69, 9.17) is 0 Å². The third-order valence-electron chi connectivity index (χ3n) is 2.12. The lowest BCUT2D eigenvalue weighted by Crippen LogP contribution is -2.32. The Labute approximate surface area is 67.0 Å². The van der Waals surface area contributed by atoms with Crippen LogP contribution in [0.5, 0.6) is 0 Å². The second kappa shape index (κ2) is 2.43. The van der Waals surface area contributed by atoms with Crippen molar-refractivity contribution in [3.8, 4) is 0 Å². The molecule has 0 aromatic carbocycles. The first-order chi connectivity index (χ1) is 5.21. The highest BCUT2D eigenvalue weighted by molar-refractivity contribution is 7.87. The van der Waals surface area contributed by atoms with Crippen molar-refractivity contribution in [2.75, 3.05) is 26.2 Å². The minimum absolute atomic E-state index is 0.721. The van der Waals surface area contributed by atoms with E-state index < -0.39 is 10.2 Å². The summed E-state index contributed by atoms with van der Waals surface area (Å²) in [6, 6.07) is 0. The van der Waals surface area contributed by atoms with Gasteiger partial charge in [-0.1, -0.05) is 0 Å². The normalized spacial score (nSPS) is 27.6. The van der Waals surface area contributed by atoms with Crippen molar-refractivity contribution in [1.82, 2.24) is 8.61 Å². The van der Waals surface area contributed by atoms with Crippen LogP contribution in [0.1, 0.15) is 12.8 Å². The maximum atomic E-state index is 11.4. The highest BCUT2D eigenvalue weighted by Crippen LogP contribution is 2.20. The van der Waals surface area contributed by atoms with E-state index in [9.17, 15) is 8.42 Å². The van der Waals surface area contributed by atoms with Crippen LogP contribution in [-0.2, 0) is 10.2 Å². The van der Waals surface area contributed by atoms with Gasteiger partial charge in [-0.05, 0) is 12.8 Å². The fourth-order valence-corrected chi connectivity index (χ4v) is 2.94. The Bertz CT molecular complexity index is 239. The molecule has 2 aliphatic rings. The van der Waals surface area contributed by atoms with Crippen molar-refractivity contribution in [1.29, 1.82) is 0 Å². The molecule has 64 valence electrons. The zero-order valence-corrected chi connectivity index (χ0v) is 7.18. The molecule has 2 fully saturated rings. The molecule has 2 aliphatic heterocycles. The number of hydrogen-bond donors (Lipinski definition) is 0. The standard InChI is InChI=1S/C6H12N2O2S/c9-11(10,8-5-6-8)7-3-1-2-4-7/h1-6H2. The zero-order chi connectivity index (χ0) is 7.90. The van der Waals surface area contributed by atoms with Gasteiger partial charge in [-0.25, -0.2) is 0 Å². The third-order valence-corrected chi connectivity index (χ3v) is 4.16. The Morgan fingerprint density at radius 2 is 1.27 bits per heavy atom. The second-order valence-electron chi connectivity index (χ2n) is 3.01. The molecule has 0 aliphatic carbocycles. The van der Waals surface area contributed by atoms with Crippen LogP contribution in [0.4, 0.5) is 0 Å². The van der Waals surface area contributed by atoms with E-state index in [1.807, 2.05) is 0 Å². The van der Waals surface area contributed by atoms with Crippen LogP contribution in [0, 0.1) is 0 Å². The van der Waals surface area contributed by atoms with E-state index in [2.05, 4.69) is 0 Å². The molecular weight excluding hydrogens is 164 g/mol. The van der Waals surface area contributed by atoms with Crippen molar-refractivity contribution < 1.29 is 8.42 Å². The van der Waals surface area contributed by atoms with Gasteiger partial charge < -0.3 is 0 Å². The van der Waals surface area contributed by atoms with E-state index >= 15 is 0 Å². The monoisotopic (exact) mass is 176 g/mol. The molecular formula is C6H12N2O2S. The molecule has 0 unspecified atom stereocenters. The van der Waals surface area contributed by atoms with Gasteiger partial charge in [-0.15, -0.1) is 0 Å². The van der Waals surface area contributed by atoms with Crippen LogP contribution < -0.4 is 0 Å². The van der Waals surface area contributed by atoms with Gasteiger partial charge in [0, 0.05) is 26.2 Å². The van der Waals surface area contributed by atoms with Gasteiger partial charge in [-0.2, -0.15) is 17.0 Å². The summed E-state index contributed by atoms with van der Waals surface area (Å²) in [4.78, 5) is 0. The predicted molar refractivity (Wildman–Crippen MR) is 41.3 cm³/mol. The molecule has 2 heterocycles. The van der Waals surface area contributed by atoms with Crippen molar-refractivity contribution in [2.45, 2.75) is 12.8 Å². The van der Waals surface area contributed by atoms with E-state index in [0.717, 1.165) is 39.0 Å². The van der Waals surface area contributed by atoms with Crippen molar-refractivity contribution in [2.24, 2.45) is 0 Å². The van der Waals surface area contributed by atoms with Crippen molar-refractivity contribution in [3.63, 3.8) is 0 Å². The maximum Gasteiger partial charge on any atom is 0.282 e. The summed E-state index contributed by atoms with van der Waals surface area (Å²) >= 11 is 0. The number of nitrogens with zero attached hydrogens (tertiary/aromatic N) is 2. The van der Waals surface area contributed by atoms with Gasteiger partial charge in [0.05, 0.1) is 0 Å². The van der Waals surface area contributed by atoms with E-state index in [1.54, 1.807) is 4.31 Å². The molecule has 0 bridgehead atoms. The molecule has 0 saturated carbocycles. The van der Waals surface area contributed by atoms with Crippen molar-refractivity contribution in [3.05, 3.63) is 0 Å². The lowest BCUT2D eigenvalue weighted by molar-refractivity contribution is 0.448. The largest absolute Gasteiger partial charge is 0.282 e. The summed E-state index contributed by atoms with van der Waals surface area (Å²) in [5.41, 5.74) is 0. The fourth-order valence-electron chi connectivity index (χ4n) is 1.35. The van der Waals surface area contributed by atoms with Crippen LogP contribution in [0.3, 0.4) is 0 Å². The van der Waals surface area contributed by atoms with Gasteiger partial charge in [0.15, 0.2) is 0 Å². The topological polar surface area (TPSA) is 40.4 Å². The van der Waals surface area contributed by atoms with E-state index in [1.165, 1.54) is 4.31 Å². The highest BCUT2D eigenvalue weighted by Gasteiger charge is 2.37. The summed E-state index contributed by atoms with van der Waals surface area (Å²) in [6.45, 7) is 2.88. The summed E-state index contributed by atoms with van der Waals surface area (Å²) in [6.07, 6.45) is 2.04. The van der Waals surface area contributed by atoms with Crippen LogP contribution in [-0.4, -0.2) is 43.2 Å². The first-order valence-corrected chi connectivity index (χ1v) is 5.36. The van der Waals surface area contributed by atoms with Crippen LogP contribution in [0.25, 0.3) is 0 Å². The molecule has 0 aromatic heterocycles. The van der Waals surface area contributed by atoms with Crippen LogP contribution in [0.2, 0.25) is 0 Å². The van der Waals surface area contributed by atoms with Gasteiger partial charge in [-0.3, -0.25) is 0 Å². The summed E-state index contributed by atoms with van der Waals surface area (Å²) < 4.78 is 26.0. The smallest absolute Gasteiger partial charge is 0.195 e.